The number of pyridine rings is 1. The van der Waals surface area contributed by atoms with Gasteiger partial charge in [-0.05, 0) is 64.5 Å². The van der Waals surface area contributed by atoms with Crippen molar-refractivity contribution in [2.75, 3.05) is 33.9 Å². The second-order valence-corrected chi connectivity index (χ2v) is 11.1. The van der Waals surface area contributed by atoms with E-state index in [4.69, 9.17) is 19.8 Å². The highest BCUT2D eigenvalue weighted by atomic mass is 32.2. The maximum Gasteiger partial charge on any atom is 0.294 e. The summed E-state index contributed by atoms with van der Waals surface area (Å²) >= 11 is 0. The second-order valence-electron chi connectivity index (χ2n) is 9.72. The van der Waals surface area contributed by atoms with E-state index in [1.165, 1.54) is 12.1 Å². The van der Waals surface area contributed by atoms with Crippen molar-refractivity contribution in [3.8, 4) is 22.8 Å². The van der Waals surface area contributed by atoms with Crippen LogP contribution in [0.15, 0.2) is 53.8 Å². The predicted molar refractivity (Wildman–Crippen MR) is 151 cm³/mol. The summed E-state index contributed by atoms with van der Waals surface area (Å²) in [4.78, 5) is 26.1. The van der Waals surface area contributed by atoms with Gasteiger partial charge in [-0.1, -0.05) is 17.7 Å². The summed E-state index contributed by atoms with van der Waals surface area (Å²) in [7, 11) is 0.00106. The lowest BCUT2D eigenvalue weighted by molar-refractivity contribution is 0.0997. The van der Waals surface area contributed by atoms with Crippen LogP contribution in [0.5, 0.6) is 11.6 Å². The standard InChI is InChI=1S/C21H25N5O3.C7H8O3S/c1-26(2)6-4-8-28-16-10-15(18-19(25-12-24-18)17(16)20(22)27)14-9-13-5-3-7-29-21(13)23-11-14;1-6-2-4-7(5-3-6)11(8,9)10/h9-12H,3-8H2,1-2H3,(H2,22,27)(H,24,25);2-5H,1H3,(H,8,9,10). The van der Waals surface area contributed by atoms with Gasteiger partial charge in [0.15, 0.2) is 0 Å². The Kier molecular flexibility index (Phi) is 9.03. The smallest absolute Gasteiger partial charge is 0.294 e. The van der Waals surface area contributed by atoms with Gasteiger partial charge in [0.1, 0.15) is 11.3 Å². The molecule has 212 valence electrons. The van der Waals surface area contributed by atoms with Gasteiger partial charge in [0.2, 0.25) is 5.88 Å². The van der Waals surface area contributed by atoms with Crippen LogP contribution in [0, 0.1) is 6.92 Å². The van der Waals surface area contributed by atoms with Crippen LogP contribution in [0.3, 0.4) is 0 Å². The van der Waals surface area contributed by atoms with Gasteiger partial charge in [0.05, 0.1) is 35.5 Å². The van der Waals surface area contributed by atoms with E-state index in [1.807, 2.05) is 27.1 Å². The number of H-pyrrole nitrogens is 1. The molecule has 4 N–H and O–H groups in total. The maximum absolute atomic E-state index is 12.2. The minimum Gasteiger partial charge on any atom is -0.493 e. The van der Waals surface area contributed by atoms with Crippen molar-refractivity contribution >= 4 is 27.1 Å². The number of nitrogens with zero attached hydrogens (tertiary/aromatic N) is 3. The molecule has 1 amide bonds. The van der Waals surface area contributed by atoms with Crippen LogP contribution in [-0.4, -0.2) is 72.6 Å². The highest BCUT2D eigenvalue weighted by Gasteiger charge is 2.22. The van der Waals surface area contributed by atoms with Crippen molar-refractivity contribution in [1.82, 2.24) is 19.9 Å². The first-order chi connectivity index (χ1) is 19.0. The Morgan fingerprint density at radius 3 is 2.62 bits per heavy atom. The van der Waals surface area contributed by atoms with Crippen molar-refractivity contribution < 1.29 is 27.2 Å². The summed E-state index contributed by atoms with van der Waals surface area (Å²) in [6.07, 6.45) is 6.06. The number of aryl methyl sites for hydroxylation is 2. The van der Waals surface area contributed by atoms with Crippen LogP contribution in [0.4, 0.5) is 0 Å². The number of carbonyl (C=O) groups is 1. The fourth-order valence-electron chi connectivity index (χ4n) is 4.32. The van der Waals surface area contributed by atoms with Gasteiger partial charge in [-0.25, -0.2) is 9.97 Å². The zero-order valence-corrected chi connectivity index (χ0v) is 23.5. The number of benzene rings is 2. The maximum atomic E-state index is 12.2. The molecule has 0 aliphatic carbocycles. The highest BCUT2D eigenvalue weighted by Crippen LogP contribution is 2.37. The summed E-state index contributed by atoms with van der Waals surface area (Å²) in [6.45, 7) is 3.91. The first-order valence-corrected chi connectivity index (χ1v) is 14.2. The number of ether oxygens (including phenoxy) is 2. The molecule has 5 rings (SSSR count). The SMILES string of the molecule is CN(C)CCCOc1cc(-c2cnc3c(c2)CCCO3)c2nc[nH]c2c1C(N)=O.Cc1ccc(S(=O)(=O)O)cc1. The average molecular weight is 568 g/mol. The van der Waals surface area contributed by atoms with Crippen molar-refractivity contribution in [3.05, 3.63) is 65.6 Å². The molecule has 40 heavy (non-hydrogen) atoms. The number of nitrogens with one attached hydrogen (secondary N) is 1. The van der Waals surface area contributed by atoms with E-state index in [0.29, 0.717) is 41.4 Å². The minimum atomic E-state index is -4.02. The Morgan fingerprint density at radius 1 is 1.20 bits per heavy atom. The molecular formula is C28H33N5O6S. The van der Waals surface area contributed by atoms with Gasteiger partial charge < -0.3 is 25.1 Å². The Labute approximate surface area is 233 Å². The molecule has 2 aromatic heterocycles. The van der Waals surface area contributed by atoms with Crippen molar-refractivity contribution in [2.45, 2.75) is 31.1 Å². The Bertz CT molecular complexity index is 1600. The minimum absolute atomic E-state index is 0.0666. The van der Waals surface area contributed by atoms with Crippen LogP contribution < -0.4 is 15.2 Å². The molecule has 0 saturated heterocycles. The zero-order valence-electron chi connectivity index (χ0n) is 22.7. The number of carbonyl (C=O) groups excluding carboxylic acids is 1. The number of fused-ring (bicyclic) bond motifs is 2. The molecule has 2 aromatic carbocycles. The van der Waals surface area contributed by atoms with Crippen molar-refractivity contribution in [3.63, 3.8) is 0 Å². The number of hydrogen-bond donors (Lipinski definition) is 3. The van der Waals surface area contributed by atoms with Crippen molar-refractivity contribution in [2.24, 2.45) is 5.73 Å². The Balaban J connectivity index is 0.000000283. The zero-order chi connectivity index (χ0) is 28.9. The largest absolute Gasteiger partial charge is 0.493 e. The summed E-state index contributed by atoms with van der Waals surface area (Å²) < 4.78 is 41.2. The molecule has 4 aromatic rings. The number of aromatic nitrogens is 3. The number of rotatable bonds is 8. The number of nitrogens with two attached hydrogens (primary N) is 1. The molecule has 0 spiro atoms. The number of primary amides is 1. The van der Waals surface area contributed by atoms with E-state index >= 15 is 0 Å². The summed E-state index contributed by atoms with van der Waals surface area (Å²) in [5.74, 6) is 0.592. The van der Waals surface area contributed by atoms with E-state index in [1.54, 1.807) is 24.7 Å². The first-order valence-electron chi connectivity index (χ1n) is 12.8. The lowest BCUT2D eigenvalue weighted by Gasteiger charge is -2.18. The second kappa shape index (κ2) is 12.5. The molecule has 0 radical (unpaired) electrons. The van der Waals surface area contributed by atoms with Gasteiger partial charge in [-0.3, -0.25) is 9.35 Å². The quantitative estimate of drug-likeness (QED) is 0.213. The molecule has 12 heteroatoms. The van der Waals surface area contributed by atoms with Gasteiger partial charge in [-0.15, -0.1) is 0 Å². The summed E-state index contributed by atoms with van der Waals surface area (Å²) in [6, 6.07) is 9.90. The lowest BCUT2D eigenvalue weighted by Crippen LogP contribution is -2.17. The molecule has 1 aliphatic rings. The Morgan fingerprint density at radius 2 is 1.95 bits per heavy atom. The van der Waals surface area contributed by atoms with Crippen molar-refractivity contribution in [1.29, 1.82) is 0 Å². The molecule has 0 saturated carbocycles. The van der Waals surface area contributed by atoms with Gasteiger partial charge in [0.25, 0.3) is 16.0 Å². The monoisotopic (exact) mass is 567 g/mol. The van der Waals surface area contributed by atoms with Gasteiger partial charge >= 0.3 is 0 Å². The van der Waals surface area contributed by atoms with E-state index < -0.39 is 16.0 Å². The third-order valence-corrected chi connectivity index (χ3v) is 7.17. The number of amides is 1. The van der Waals surface area contributed by atoms with Crippen LogP contribution in [0.25, 0.3) is 22.2 Å². The van der Waals surface area contributed by atoms with Crippen LogP contribution in [0.2, 0.25) is 0 Å². The lowest BCUT2D eigenvalue weighted by atomic mass is 9.99. The average Bonchev–Trinajstić information content (AvgIpc) is 3.39. The third-order valence-electron chi connectivity index (χ3n) is 6.30. The number of aromatic amines is 1. The molecule has 0 bridgehead atoms. The third kappa shape index (κ3) is 6.95. The van der Waals surface area contributed by atoms with Crippen LogP contribution in [0.1, 0.15) is 34.3 Å². The van der Waals surface area contributed by atoms with Gasteiger partial charge in [-0.2, -0.15) is 8.42 Å². The topological polar surface area (TPSA) is 161 Å². The molecule has 0 fully saturated rings. The highest BCUT2D eigenvalue weighted by molar-refractivity contribution is 7.85. The number of imidazole rings is 1. The van der Waals surface area contributed by atoms with Crippen LogP contribution >= 0.6 is 0 Å². The van der Waals surface area contributed by atoms with Crippen LogP contribution in [-0.2, 0) is 16.5 Å². The fraction of sp³-hybridized carbons (Fsp3) is 0.321. The molecular weight excluding hydrogens is 534 g/mol. The molecule has 3 heterocycles. The number of hydrogen-bond acceptors (Lipinski definition) is 8. The van der Waals surface area contributed by atoms with E-state index in [9.17, 15) is 13.2 Å². The van der Waals surface area contributed by atoms with Gasteiger partial charge in [0, 0.05) is 29.4 Å². The predicted octanol–water partition coefficient (Wildman–Crippen LogP) is 3.62. The first kappa shape index (κ1) is 29.0. The normalized spacial score (nSPS) is 12.8. The Hall–Kier alpha value is -4.00. The van der Waals surface area contributed by atoms with E-state index in [2.05, 4.69) is 25.9 Å². The molecule has 1 aliphatic heterocycles. The molecule has 0 atom stereocenters. The molecule has 0 unspecified atom stereocenters. The fourth-order valence-corrected chi connectivity index (χ4v) is 4.80. The summed E-state index contributed by atoms with van der Waals surface area (Å²) in [5.41, 5.74) is 11.0. The summed E-state index contributed by atoms with van der Waals surface area (Å²) in [5, 5.41) is 0. The molecule has 11 nitrogen and oxygen atoms in total. The van der Waals surface area contributed by atoms with E-state index in [0.717, 1.165) is 48.1 Å². The van der Waals surface area contributed by atoms with E-state index in [-0.39, 0.29) is 4.90 Å².